The molecule has 0 aliphatic carbocycles. The van der Waals surface area contributed by atoms with Crippen molar-refractivity contribution in [2.75, 3.05) is 21.3 Å². The molecule has 0 fully saturated rings. The molecule has 402 valence electrons. The normalized spacial score (nSPS) is 12.2. The maximum Gasteiger partial charge on any atom is 0.348 e. The summed E-state index contributed by atoms with van der Waals surface area (Å²) in [6.07, 6.45) is 9.56. The average Bonchev–Trinajstić information content (AvgIpc) is 3.42. The van der Waals surface area contributed by atoms with Gasteiger partial charge in [-0.25, -0.2) is 24.7 Å². The van der Waals surface area contributed by atoms with Gasteiger partial charge >= 0.3 is 11.7 Å². The fourth-order valence-corrected chi connectivity index (χ4v) is 8.56. The number of carbonyl (C=O) groups is 2. The van der Waals surface area contributed by atoms with Crippen LogP contribution in [0.5, 0.6) is 17.8 Å². The first kappa shape index (κ1) is 59.3. The highest BCUT2D eigenvalue weighted by Crippen LogP contribution is 2.31. The van der Waals surface area contributed by atoms with E-state index in [0.717, 1.165) is 36.8 Å². The van der Waals surface area contributed by atoms with Crippen molar-refractivity contribution in [2.24, 2.45) is 0 Å². The third kappa shape index (κ3) is 15.7. The summed E-state index contributed by atoms with van der Waals surface area (Å²) in [5.74, 6) is 1.90. The van der Waals surface area contributed by atoms with E-state index in [1.807, 2.05) is 59.7 Å². The van der Waals surface area contributed by atoms with Crippen LogP contribution in [0.15, 0.2) is 77.9 Å². The van der Waals surface area contributed by atoms with Crippen molar-refractivity contribution < 1.29 is 33.3 Å². The molecule has 4 heterocycles. The molecule has 0 saturated carbocycles. The minimum Gasteiger partial charge on any atom is -0.475 e. The number of nitrogens with one attached hydrogen (secondary N) is 3. The highest BCUT2D eigenvalue weighted by atomic mass is 35.5. The molecule has 2 amide bonds. The number of amides is 2. The summed E-state index contributed by atoms with van der Waals surface area (Å²) in [6, 6.07) is 18.0. The van der Waals surface area contributed by atoms with Crippen molar-refractivity contribution in [3.05, 3.63) is 105 Å². The Morgan fingerprint density at radius 3 is 1.48 bits per heavy atom. The molecule has 4 aromatic heterocycles. The first-order valence-corrected chi connectivity index (χ1v) is 26.1. The minimum atomic E-state index is -0.870. The summed E-state index contributed by atoms with van der Waals surface area (Å²) < 4.78 is 28.0. The fraction of sp³-hybridized carbons (Fsp3) is 0.455. The van der Waals surface area contributed by atoms with E-state index in [9.17, 15) is 14.4 Å². The van der Waals surface area contributed by atoms with Crippen LogP contribution in [0.3, 0.4) is 0 Å². The molecule has 0 unspecified atom stereocenters. The molecule has 0 saturated heterocycles. The summed E-state index contributed by atoms with van der Waals surface area (Å²) in [4.78, 5) is 71.4. The van der Waals surface area contributed by atoms with Crippen molar-refractivity contribution in [3.63, 3.8) is 0 Å². The van der Waals surface area contributed by atoms with Gasteiger partial charge < -0.3 is 34.3 Å². The molecular formula is C55H70Cl2N10O8. The van der Waals surface area contributed by atoms with E-state index >= 15 is 0 Å². The Kier molecular flexibility index (Phi) is 22.4. The van der Waals surface area contributed by atoms with Gasteiger partial charge in [0.05, 0.1) is 29.4 Å². The first-order chi connectivity index (χ1) is 36.0. The largest absolute Gasteiger partial charge is 0.475 e. The van der Waals surface area contributed by atoms with Crippen LogP contribution < -0.4 is 30.5 Å². The number of hydrogen-bond donors (Lipinski definition) is 3. The molecule has 3 N–H and O–H groups in total. The molecule has 18 nitrogen and oxygen atoms in total. The second-order valence-electron chi connectivity index (χ2n) is 17.8. The topological polar surface area (TPSA) is 227 Å². The zero-order chi connectivity index (χ0) is 54.7. The highest BCUT2D eigenvalue weighted by Gasteiger charge is 2.35. The van der Waals surface area contributed by atoms with E-state index in [-0.39, 0.29) is 48.2 Å². The van der Waals surface area contributed by atoms with Crippen LogP contribution in [-0.2, 0) is 32.2 Å². The summed E-state index contributed by atoms with van der Waals surface area (Å²) in [7, 11) is 4.59. The Morgan fingerprint density at radius 1 is 0.600 bits per heavy atom. The van der Waals surface area contributed by atoms with Gasteiger partial charge in [-0.15, -0.1) is 0 Å². The predicted molar refractivity (Wildman–Crippen MR) is 291 cm³/mol. The number of methoxy groups -OCH3 is 3. The van der Waals surface area contributed by atoms with Crippen molar-refractivity contribution in [1.82, 2.24) is 50.5 Å². The van der Waals surface area contributed by atoms with Gasteiger partial charge in [0.25, 0.3) is 11.8 Å². The molecule has 20 heteroatoms. The number of hydrogen-bond acceptors (Lipinski definition) is 15. The van der Waals surface area contributed by atoms with Crippen LogP contribution in [0.2, 0.25) is 10.0 Å². The molecule has 0 bridgehead atoms. The number of ether oxygens (including phenoxy) is 5. The van der Waals surface area contributed by atoms with Crippen molar-refractivity contribution in [3.8, 4) is 63.3 Å². The Balaban J connectivity index is 0.000000277. The number of rotatable bonds is 25. The Hall–Kier alpha value is -6.60. The zero-order valence-corrected chi connectivity index (χ0v) is 46.3. The standard InChI is InChI=1S/C28H36ClN5O4.C27H34ClN5O4/c1-7-10-18(4)38-23-14-12-20(17-30-23)24-32-25(34-27(33-24)36-5)21-15-19(11-13-22(21)29)16-31-26(35)28(8-2,9-3)37-6;1-6-9-17(4)37-22-13-11-19(16-29-22)23-31-24(33-26(35)32-23)20-14-18(10-12-21(20)28)15-30-25(34)27(7-2,8-3)36-5/h11-15,17-18H,7-10,16H2,1-6H3,(H,31,35);10-14,16-17H,6-9,15H2,1-5H3,(H,30,34)(H,31,32,33,35)/t18-;17-/m11/s1. The van der Waals surface area contributed by atoms with Gasteiger partial charge in [-0.1, -0.05) is 89.7 Å². The SMILES string of the molecule is CCC[C@@H](C)Oc1ccc(-c2nc(-c3cc(CNC(=O)C(CC)(CC)OC)ccc3Cl)[nH]c(=O)n2)cn1.CCC[C@@H](C)Oc1ccc(-c2nc(OC)nc(-c3cc(CNC(=O)C(CC)(CC)OC)ccc3Cl)n2)cn1. The molecule has 0 radical (unpaired) electrons. The van der Waals surface area contributed by atoms with Gasteiger partial charge in [0.1, 0.15) is 17.0 Å². The van der Waals surface area contributed by atoms with E-state index in [4.69, 9.17) is 46.9 Å². The second-order valence-corrected chi connectivity index (χ2v) is 18.6. The third-order valence-electron chi connectivity index (χ3n) is 12.8. The number of carbonyl (C=O) groups excluding carboxylic acids is 2. The molecular weight excluding hydrogens is 1000 g/mol. The summed E-state index contributed by atoms with van der Waals surface area (Å²) in [5, 5.41) is 6.76. The van der Waals surface area contributed by atoms with Gasteiger partial charge in [0.2, 0.25) is 11.8 Å². The van der Waals surface area contributed by atoms with Crippen LogP contribution in [0.4, 0.5) is 0 Å². The number of halogens is 2. The molecule has 0 aliphatic heterocycles. The Morgan fingerprint density at radius 2 is 1.05 bits per heavy atom. The first-order valence-electron chi connectivity index (χ1n) is 25.3. The zero-order valence-electron chi connectivity index (χ0n) is 44.8. The molecule has 75 heavy (non-hydrogen) atoms. The molecule has 0 aliphatic rings. The Labute approximate surface area is 449 Å². The van der Waals surface area contributed by atoms with E-state index in [2.05, 4.69) is 64.4 Å². The fourth-order valence-electron chi connectivity index (χ4n) is 8.16. The molecule has 2 atom stereocenters. The van der Waals surface area contributed by atoms with Gasteiger partial charge in [-0.3, -0.25) is 14.6 Å². The summed E-state index contributed by atoms with van der Waals surface area (Å²) in [6.45, 7) is 16.5. The quantitative estimate of drug-likeness (QED) is 0.0484. The number of benzene rings is 2. The smallest absolute Gasteiger partial charge is 0.348 e. The van der Waals surface area contributed by atoms with Crippen molar-refractivity contribution in [2.45, 2.75) is 143 Å². The number of pyridine rings is 2. The average molecular weight is 1070 g/mol. The number of aromatic amines is 1. The monoisotopic (exact) mass is 1070 g/mol. The molecule has 6 aromatic rings. The minimum absolute atomic E-state index is 0.0554. The number of nitrogens with zero attached hydrogens (tertiary/aromatic N) is 7. The Bertz CT molecular complexity index is 2850. The van der Waals surface area contributed by atoms with Gasteiger partial charge in [-0.2, -0.15) is 15.0 Å². The van der Waals surface area contributed by atoms with Crippen LogP contribution in [-0.4, -0.2) is 96.4 Å². The maximum absolute atomic E-state index is 12.8. The lowest BCUT2D eigenvalue weighted by Gasteiger charge is -2.28. The van der Waals surface area contributed by atoms with Crippen molar-refractivity contribution in [1.29, 1.82) is 0 Å². The lowest BCUT2D eigenvalue weighted by atomic mass is 9.96. The van der Waals surface area contributed by atoms with Gasteiger partial charge in [0, 0.05) is 74.1 Å². The highest BCUT2D eigenvalue weighted by molar-refractivity contribution is 6.33. The third-order valence-corrected chi connectivity index (χ3v) is 13.5. The van der Waals surface area contributed by atoms with E-state index in [0.29, 0.717) is 87.9 Å². The van der Waals surface area contributed by atoms with E-state index in [1.165, 1.54) is 7.11 Å². The lowest BCUT2D eigenvalue weighted by molar-refractivity contribution is -0.145. The summed E-state index contributed by atoms with van der Waals surface area (Å²) >= 11 is 13.0. The van der Waals surface area contributed by atoms with Crippen molar-refractivity contribution >= 4 is 35.0 Å². The summed E-state index contributed by atoms with van der Waals surface area (Å²) in [5.41, 5.74) is 1.68. The lowest BCUT2D eigenvalue weighted by Crippen LogP contribution is -2.47. The second kappa shape index (κ2) is 28.3. The molecule has 0 spiro atoms. The molecule has 2 aromatic carbocycles. The maximum atomic E-state index is 12.8. The van der Waals surface area contributed by atoms with E-state index < -0.39 is 16.9 Å². The van der Waals surface area contributed by atoms with Gasteiger partial charge in [-0.05, 0) is 99.9 Å². The van der Waals surface area contributed by atoms with E-state index in [1.54, 1.807) is 69.1 Å². The van der Waals surface area contributed by atoms with Crippen LogP contribution in [0.25, 0.3) is 45.6 Å². The van der Waals surface area contributed by atoms with Crippen LogP contribution in [0, 0.1) is 0 Å². The van der Waals surface area contributed by atoms with Crippen LogP contribution >= 0.6 is 23.2 Å². The molecule has 6 rings (SSSR count). The van der Waals surface area contributed by atoms with Gasteiger partial charge in [0.15, 0.2) is 17.5 Å². The number of H-pyrrole nitrogens is 1. The van der Waals surface area contributed by atoms with Crippen LogP contribution in [0.1, 0.15) is 118 Å². The predicted octanol–water partition coefficient (Wildman–Crippen LogP) is 10.6. The number of aromatic nitrogens is 8.